The molecule has 0 aromatic rings. The molecule has 0 aromatic heterocycles. The molecule has 4 aliphatic carbocycles. The van der Waals surface area contributed by atoms with E-state index < -0.39 is 0 Å². The van der Waals surface area contributed by atoms with Gasteiger partial charge in [-0.05, 0) is 60.7 Å². The Morgan fingerprint density at radius 2 is 1.76 bits per heavy atom. The van der Waals surface area contributed by atoms with Gasteiger partial charge >= 0.3 is 0 Å². The van der Waals surface area contributed by atoms with E-state index in [1.54, 1.807) is 0 Å². The molecule has 2 heteroatoms. The Labute approximate surface area is 128 Å². The number of Topliss-reactive ketones (excluding diaryl/α,β-unsaturated/α-hetero) is 2. The summed E-state index contributed by atoms with van der Waals surface area (Å²) in [5, 5.41) is 0. The second kappa shape index (κ2) is 4.43. The van der Waals surface area contributed by atoms with E-state index in [0.29, 0.717) is 41.7 Å². The molecule has 0 radical (unpaired) electrons. The van der Waals surface area contributed by atoms with E-state index >= 15 is 0 Å². The Morgan fingerprint density at radius 3 is 2.57 bits per heavy atom. The number of hydrogen-bond donors (Lipinski definition) is 0. The van der Waals surface area contributed by atoms with Crippen molar-refractivity contribution in [3.05, 3.63) is 0 Å². The van der Waals surface area contributed by atoms with E-state index in [4.69, 9.17) is 0 Å². The van der Waals surface area contributed by atoms with E-state index in [-0.39, 0.29) is 11.3 Å². The second-order valence-corrected chi connectivity index (χ2v) is 8.93. The zero-order valence-corrected chi connectivity index (χ0v) is 13.5. The van der Waals surface area contributed by atoms with Crippen LogP contribution in [-0.4, -0.2) is 11.6 Å². The van der Waals surface area contributed by atoms with Crippen LogP contribution in [0.15, 0.2) is 0 Å². The van der Waals surface area contributed by atoms with E-state index in [1.165, 1.54) is 32.1 Å². The van der Waals surface area contributed by atoms with Gasteiger partial charge in [-0.2, -0.15) is 0 Å². The normalized spacial score (nSPS) is 53.0. The Kier molecular flexibility index (Phi) is 2.94. The number of carbonyl (C=O) groups is 2. The van der Waals surface area contributed by atoms with Gasteiger partial charge in [-0.3, -0.25) is 9.59 Å². The van der Waals surface area contributed by atoms with Gasteiger partial charge in [-0.1, -0.05) is 20.3 Å². The van der Waals surface area contributed by atoms with Crippen molar-refractivity contribution in [3.8, 4) is 0 Å². The molecule has 6 atom stereocenters. The van der Waals surface area contributed by atoms with Gasteiger partial charge in [0, 0.05) is 25.2 Å². The number of carbonyl (C=O) groups excluding carboxylic acids is 2. The number of fused-ring (bicyclic) bond motifs is 5. The maximum absolute atomic E-state index is 12.8. The Bertz CT molecular complexity index is 496. The van der Waals surface area contributed by atoms with E-state index in [9.17, 15) is 9.59 Å². The van der Waals surface area contributed by atoms with Crippen molar-refractivity contribution < 1.29 is 9.59 Å². The fraction of sp³-hybridized carbons (Fsp3) is 0.895. The summed E-state index contributed by atoms with van der Waals surface area (Å²) >= 11 is 0. The van der Waals surface area contributed by atoms with Crippen LogP contribution >= 0.6 is 0 Å². The molecule has 0 unspecified atom stereocenters. The molecule has 0 bridgehead atoms. The lowest BCUT2D eigenvalue weighted by atomic mass is 9.45. The average molecular weight is 288 g/mol. The summed E-state index contributed by atoms with van der Waals surface area (Å²) in [4.78, 5) is 24.6. The molecule has 4 aliphatic rings. The van der Waals surface area contributed by atoms with Gasteiger partial charge in [-0.15, -0.1) is 0 Å². The maximum Gasteiger partial charge on any atom is 0.137 e. The molecule has 0 N–H and O–H groups in total. The van der Waals surface area contributed by atoms with Crippen LogP contribution in [0.25, 0.3) is 0 Å². The summed E-state index contributed by atoms with van der Waals surface area (Å²) in [5.41, 5.74) is 0.632. The fourth-order valence-corrected chi connectivity index (χ4v) is 6.83. The van der Waals surface area contributed by atoms with Crippen LogP contribution < -0.4 is 0 Å². The van der Waals surface area contributed by atoms with Gasteiger partial charge in [0.25, 0.3) is 0 Å². The van der Waals surface area contributed by atoms with Crippen molar-refractivity contribution in [2.24, 2.45) is 34.5 Å². The maximum atomic E-state index is 12.8. The zero-order valence-electron chi connectivity index (χ0n) is 13.5. The van der Waals surface area contributed by atoms with Crippen LogP contribution in [0.1, 0.15) is 71.6 Å². The minimum Gasteiger partial charge on any atom is -0.300 e. The Morgan fingerprint density at radius 1 is 0.952 bits per heavy atom. The van der Waals surface area contributed by atoms with Crippen LogP contribution in [0.3, 0.4) is 0 Å². The highest BCUT2D eigenvalue weighted by Gasteiger charge is 2.60. The van der Waals surface area contributed by atoms with E-state index in [2.05, 4.69) is 13.8 Å². The molecule has 0 aliphatic heterocycles. The van der Waals surface area contributed by atoms with Crippen LogP contribution in [-0.2, 0) is 9.59 Å². The topological polar surface area (TPSA) is 34.1 Å². The smallest absolute Gasteiger partial charge is 0.137 e. The molecule has 116 valence electrons. The third kappa shape index (κ3) is 1.83. The molecule has 4 rings (SSSR count). The molecular formula is C19H28O2. The predicted molar refractivity (Wildman–Crippen MR) is 81.7 cm³/mol. The standard InChI is InChI=1S/C19H28O2/c1-18-7-3-4-14(18)13-11-17(21)16-10-12(20)5-9-19(16,2)15(13)6-8-18/h13-16H,3-11H2,1-2H3/t13-,14+,15-,16+,18+,19+/m0/s1. The van der Waals surface area contributed by atoms with Crippen molar-refractivity contribution in [1.82, 2.24) is 0 Å². The fourth-order valence-electron chi connectivity index (χ4n) is 6.83. The van der Waals surface area contributed by atoms with E-state index in [0.717, 1.165) is 18.8 Å². The monoisotopic (exact) mass is 288 g/mol. The summed E-state index contributed by atoms with van der Waals surface area (Å²) < 4.78 is 0. The van der Waals surface area contributed by atoms with Crippen LogP contribution in [0.5, 0.6) is 0 Å². The van der Waals surface area contributed by atoms with Crippen LogP contribution in [0.4, 0.5) is 0 Å². The summed E-state index contributed by atoms with van der Waals surface area (Å²) in [6, 6.07) is 0. The highest BCUT2D eigenvalue weighted by atomic mass is 16.1. The molecule has 4 fully saturated rings. The molecule has 0 heterocycles. The summed E-state index contributed by atoms with van der Waals surface area (Å²) in [6.45, 7) is 4.82. The molecule has 2 nitrogen and oxygen atoms in total. The molecule has 0 saturated heterocycles. The van der Waals surface area contributed by atoms with E-state index in [1.807, 2.05) is 0 Å². The predicted octanol–water partition coefficient (Wildman–Crippen LogP) is 4.17. The first kappa shape index (κ1) is 14.0. The van der Waals surface area contributed by atoms with Gasteiger partial charge in [0.15, 0.2) is 0 Å². The van der Waals surface area contributed by atoms with Gasteiger partial charge < -0.3 is 0 Å². The average Bonchev–Trinajstić information content (AvgIpc) is 2.83. The van der Waals surface area contributed by atoms with Crippen LogP contribution in [0, 0.1) is 34.5 Å². The number of hydrogen-bond acceptors (Lipinski definition) is 2. The second-order valence-electron chi connectivity index (χ2n) is 8.93. The van der Waals surface area contributed by atoms with Crippen molar-refractivity contribution in [3.63, 3.8) is 0 Å². The van der Waals surface area contributed by atoms with Gasteiger partial charge in [-0.25, -0.2) is 0 Å². The first-order valence-electron chi connectivity index (χ1n) is 8.98. The molecule has 4 saturated carbocycles. The van der Waals surface area contributed by atoms with Crippen molar-refractivity contribution in [2.45, 2.75) is 71.6 Å². The van der Waals surface area contributed by atoms with Gasteiger partial charge in [0.2, 0.25) is 0 Å². The lowest BCUT2D eigenvalue weighted by molar-refractivity contribution is -0.157. The van der Waals surface area contributed by atoms with Gasteiger partial charge in [0.1, 0.15) is 11.6 Å². The van der Waals surface area contributed by atoms with Crippen LogP contribution in [0.2, 0.25) is 0 Å². The Balaban J connectivity index is 1.70. The molecule has 21 heavy (non-hydrogen) atoms. The largest absolute Gasteiger partial charge is 0.300 e. The number of ketones is 2. The summed E-state index contributed by atoms with van der Waals surface area (Å²) in [6.07, 6.45) is 9.71. The minimum atomic E-state index is 0.0470. The Hall–Kier alpha value is -0.660. The van der Waals surface area contributed by atoms with Gasteiger partial charge in [0.05, 0.1) is 0 Å². The first-order chi connectivity index (χ1) is 9.94. The summed E-state index contributed by atoms with van der Waals surface area (Å²) in [7, 11) is 0. The lowest BCUT2D eigenvalue weighted by Gasteiger charge is -2.58. The first-order valence-corrected chi connectivity index (χ1v) is 8.98. The minimum absolute atomic E-state index is 0.0470. The zero-order chi connectivity index (χ0) is 14.8. The van der Waals surface area contributed by atoms with Crippen molar-refractivity contribution in [1.29, 1.82) is 0 Å². The molecular weight excluding hydrogens is 260 g/mol. The highest BCUT2D eigenvalue weighted by Crippen LogP contribution is 2.65. The molecule has 0 aromatic carbocycles. The van der Waals surface area contributed by atoms with Crippen molar-refractivity contribution >= 4 is 11.6 Å². The molecule has 0 amide bonds. The third-order valence-electron chi connectivity index (χ3n) is 8.06. The number of rotatable bonds is 0. The van der Waals surface area contributed by atoms with Crippen molar-refractivity contribution in [2.75, 3.05) is 0 Å². The SMILES string of the molecule is C[C@]12CCC[C@@H]1[C@@H]1CC(=O)[C@H]3CC(=O)CC[C@]3(C)[C@H]1CC2. The molecule has 0 spiro atoms. The quantitative estimate of drug-likeness (QED) is 0.670. The lowest BCUT2D eigenvalue weighted by Crippen LogP contribution is -2.56. The summed E-state index contributed by atoms with van der Waals surface area (Å²) in [5.74, 6) is 2.88. The highest BCUT2D eigenvalue weighted by molar-refractivity contribution is 5.90. The third-order valence-corrected chi connectivity index (χ3v) is 8.06.